The molecule has 0 aromatic heterocycles. The summed E-state index contributed by atoms with van der Waals surface area (Å²) in [5.41, 5.74) is 7.64. The molecule has 0 saturated carbocycles. The Morgan fingerprint density at radius 1 is 0.600 bits per heavy atom. The van der Waals surface area contributed by atoms with E-state index in [1.54, 1.807) is 18.2 Å². The fourth-order valence-electron chi connectivity index (χ4n) is 4.58. The molecule has 0 fully saturated rings. The molecule has 4 rings (SSSR count). The summed E-state index contributed by atoms with van der Waals surface area (Å²) in [5, 5.41) is 31.6. The number of nitrogens with zero attached hydrogens (tertiary/aromatic N) is 1. The van der Waals surface area contributed by atoms with Crippen molar-refractivity contribution in [3.8, 4) is 28.7 Å². The molecular weight excluding hydrogens is 438 g/mol. The third kappa shape index (κ3) is 4.50. The maximum atomic E-state index is 10.6. The molecule has 180 valence electrons. The highest BCUT2D eigenvalue weighted by molar-refractivity contribution is 5.85. The van der Waals surface area contributed by atoms with Gasteiger partial charge in [-0.05, 0) is 94.1 Å². The van der Waals surface area contributed by atoms with E-state index in [1.165, 1.54) is 0 Å². The zero-order valence-corrected chi connectivity index (χ0v) is 21.0. The second kappa shape index (κ2) is 9.26. The predicted octanol–water partition coefficient (Wildman–Crippen LogP) is 7.92. The lowest BCUT2D eigenvalue weighted by Gasteiger charge is -2.32. The SMILES string of the molecule is Cc1cc(C)c(Oc2cccc(N(c3c(C)ccc(O)c3C)c3c(C)ccc(O)c3C)c2)c(O)c1. The largest absolute Gasteiger partial charge is 0.508 e. The zero-order chi connectivity index (χ0) is 25.4. The van der Waals surface area contributed by atoms with Gasteiger partial charge in [-0.3, -0.25) is 0 Å². The van der Waals surface area contributed by atoms with Gasteiger partial charge in [0.1, 0.15) is 17.2 Å². The molecular formula is C30H31NO4. The average molecular weight is 470 g/mol. The Morgan fingerprint density at radius 2 is 1.17 bits per heavy atom. The molecule has 0 aliphatic heterocycles. The fourth-order valence-corrected chi connectivity index (χ4v) is 4.58. The fraction of sp³-hybridized carbons (Fsp3) is 0.200. The van der Waals surface area contributed by atoms with Crippen LogP contribution in [0.4, 0.5) is 17.1 Å². The van der Waals surface area contributed by atoms with Crippen molar-refractivity contribution in [2.75, 3.05) is 4.90 Å². The number of hydrogen-bond donors (Lipinski definition) is 3. The molecule has 4 aromatic carbocycles. The van der Waals surface area contributed by atoms with Crippen LogP contribution in [0.25, 0.3) is 0 Å². The topological polar surface area (TPSA) is 73.2 Å². The maximum Gasteiger partial charge on any atom is 0.171 e. The summed E-state index contributed by atoms with van der Waals surface area (Å²) in [6.45, 7) is 11.6. The summed E-state index contributed by atoms with van der Waals surface area (Å²) in [4.78, 5) is 2.05. The van der Waals surface area contributed by atoms with Gasteiger partial charge < -0.3 is 25.0 Å². The molecule has 5 heteroatoms. The second-order valence-corrected chi connectivity index (χ2v) is 9.12. The number of ether oxygens (including phenoxy) is 1. The Kier molecular flexibility index (Phi) is 6.35. The zero-order valence-electron chi connectivity index (χ0n) is 21.0. The van der Waals surface area contributed by atoms with E-state index in [1.807, 2.05) is 88.9 Å². The Bertz CT molecular complexity index is 1340. The predicted molar refractivity (Wildman–Crippen MR) is 141 cm³/mol. The minimum atomic E-state index is 0.0871. The number of aryl methyl sites for hydroxylation is 4. The number of anilines is 3. The molecule has 0 unspecified atom stereocenters. The summed E-state index contributed by atoms with van der Waals surface area (Å²) in [7, 11) is 0. The van der Waals surface area contributed by atoms with Crippen molar-refractivity contribution < 1.29 is 20.1 Å². The lowest BCUT2D eigenvalue weighted by Crippen LogP contribution is -2.15. The highest BCUT2D eigenvalue weighted by Gasteiger charge is 2.23. The maximum absolute atomic E-state index is 10.6. The van der Waals surface area contributed by atoms with E-state index in [0.717, 1.165) is 50.4 Å². The number of phenols is 3. The molecule has 0 aliphatic rings. The number of benzene rings is 4. The summed E-state index contributed by atoms with van der Waals surface area (Å²) >= 11 is 0. The van der Waals surface area contributed by atoms with Crippen LogP contribution in [-0.4, -0.2) is 15.3 Å². The van der Waals surface area contributed by atoms with Gasteiger partial charge in [0, 0.05) is 22.9 Å². The third-order valence-corrected chi connectivity index (χ3v) is 6.35. The van der Waals surface area contributed by atoms with Crippen LogP contribution in [-0.2, 0) is 0 Å². The molecule has 3 N–H and O–H groups in total. The van der Waals surface area contributed by atoms with Gasteiger partial charge in [0.15, 0.2) is 11.5 Å². The van der Waals surface area contributed by atoms with Crippen molar-refractivity contribution in [1.82, 2.24) is 0 Å². The Balaban J connectivity index is 1.93. The van der Waals surface area contributed by atoms with Crippen LogP contribution < -0.4 is 9.64 Å². The van der Waals surface area contributed by atoms with Crippen LogP contribution >= 0.6 is 0 Å². The van der Waals surface area contributed by atoms with E-state index in [9.17, 15) is 15.3 Å². The van der Waals surface area contributed by atoms with Gasteiger partial charge >= 0.3 is 0 Å². The summed E-state index contributed by atoms with van der Waals surface area (Å²) in [6, 6.07) is 18.4. The van der Waals surface area contributed by atoms with Gasteiger partial charge in [0.2, 0.25) is 0 Å². The van der Waals surface area contributed by atoms with Crippen LogP contribution in [0.2, 0.25) is 0 Å². The Morgan fingerprint density at radius 3 is 1.71 bits per heavy atom. The second-order valence-electron chi connectivity index (χ2n) is 9.12. The minimum absolute atomic E-state index is 0.0871. The van der Waals surface area contributed by atoms with Crippen molar-refractivity contribution >= 4 is 17.1 Å². The first-order valence-corrected chi connectivity index (χ1v) is 11.5. The Labute approximate surface area is 206 Å². The summed E-state index contributed by atoms with van der Waals surface area (Å²) < 4.78 is 6.15. The summed E-state index contributed by atoms with van der Waals surface area (Å²) in [5.74, 6) is 1.44. The van der Waals surface area contributed by atoms with E-state index in [0.29, 0.717) is 11.5 Å². The third-order valence-electron chi connectivity index (χ3n) is 6.35. The van der Waals surface area contributed by atoms with Gasteiger partial charge in [-0.15, -0.1) is 0 Å². The lowest BCUT2D eigenvalue weighted by molar-refractivity contribution is 0.408. The number of aromatic hydroxyl groups is 3. The first kappa shape index (κ1) is 24.0. The van der Waals surface area contributed by atoms with E-state index in [4.69, 9.17) is 4.74 Å². The normalized spacial score (nSPS) is 10.9. The van der Waals surface area contributed by atoms with Gasteiger partial charge in [-0.25, -0.2) is 0 Å². The molecule has 0 radical (unpaired) electrons. The van der Waals surface area contributed by atoms with Gasteiger partial charge in [0.25, 0.3) is 0 Å². The molecule has 5 nitrogen and oxygen atoms in total. The quantitative estimate of drug-likeness (QED) is 0.277. The monoisotopic (exact) mass is 469 g/mol. The van der Waals surface area contributed by atoms with E-state index >= 15 is 0 Å². The number of hydrogen-bond acceptors (Lipinski definition) is 5. The minimum Gasteiger partial charge on any atom is -0.508 e. The van der Waals surface area contributed by atoms with E-state index in [2.05, 4.69) is 0 Å². The molecule has 0 bridgehead atoms. The molecule has 0 spiro atoms. The molecule has 0 atom stereocenters. The van der Waals surface area contributed by atoms with E-state index < -0.39 is 0 Å². The lowest BCUT2D eigenvalue weighted by atomic mass is 10.0. The molecule has 0 amide bonds. The van der Waals surface area contributed by atoms with Gasteiger partial charge in [0.05, 0.1) is 11.4 Å². The highest BCUT2D eigenvalue weighted by Crippen LogP contribution is 2.46. The first-order valence-electron chi connectivity index (χ1n) is 11.5. The van der Waals surface area contributed by atoms with Crippen molar-refractivity contribution in [2.24, 2.45) is 0 Å². The summed E-state index contributed by atoms with van der Waals surface area (Å²) in [6.07, 6.45) is 0. The molecule has 0 aliphatic carbocycles. The van der Waals surface area contributed by atoms with Crippen LogP contribution in [0.1, 0.15) is 33.4 Å². The average Bonchev–Trinajstić information content (AvgIpc) is 2.80. The van der Waals surface area contributed by atoms with Crippen LogP contribution in [0.15, 0.2) is 60.7 Å². The van der Waals surface area contributed by atoms with E-state index in [-0.39, 0.29) is 17.2 Å². The number of rotatable bonds is 5. The van der Waals surface area contributed by atoms with Crippen LogP contribution in [0.3, 0.4) is 0 Å². The first-order chi connectivity index (χ1) is 16.6. The van der Waals surface area contributed by atoms with Crippen LogP contribution in [0, 0.1) is 41.5 Å². The standard InChI is InChI=1S/C30H31NO4/c1-17-14-20(4)30(27(34)15-17)35-24-9-7-8-23(16-24)31(28-18(2)10-12-25(32)21(28)5)29-19(3)11-13-26(33)22(29)6/h7-16,32-34H,1-6H3. The molecule has 35 heavy (non-hydrogen) atoms. The smallest absolute Gasteiger partial charge is 0.171 e. The Hall–Kier alpha value is -4.12. The van der Waals surface area contributed by atoms with Crippen molar-refractivity contribution in [2.45, 2.75) is 41.5 Å². The van der Waals surface area contributed by atoms with Crippen molar-refractivity contribution in [3.63, 3.8) is 0 Å². The molecule has 0 saturated heterocycles. The highest BCUT2D eigenvalue weighted by atomic mass is 16.5. The van der Waals surface area contributed by atoms with Gasteiger partial charge in [-0.1, -0.05) is 24.3 Å². The van der Waals surface area contributed by atoms with Crippen LogP contribution in [0.5, 0.6) is 28.7 Å². The molecule has 0 heterocycles. The number of phenolic OH excluding ortho intramolecular Hbond substituents is 3. The van der Waals surface area contributed by atoms with Gasteiger partial charge in [-0.2, -0.15) is 0 Å². The molecule has 4 aromatic rings. The van der Waals surface area contributed by atoms with Crippen molar-refractivity contribution in [3.05, 3.63) is 94.0 Å². The van der Waals surface area contributed by atoms with Crippen molar-refractivity contribution in [1.29, 1.82) is 0 Å².